The van der Waals surface area contributed by atoms with Crippen LogP contribution in [-0.2, 0) is 19.5 Å². The maximum Gasteiger partial charge on any atom is 0.163 e. The number of benzene rings is 2. The number of aromatic nitrogens is 1. The zero-order valence-electron chi connectivity index (χ0n) is 15.5. The van der Waals surface area contributed by atoms with Crippen LogP contribution in [0.4, 0.5) is 8.78 Å². The summed E-state index contributed by atoms with van der Waals surface area (Å²) >= 11 is 0. The highest BCUT2D eigenvalue weighted by atomic mass is 19.2. The Morgan fingerprint density at radius 2 is 1.74 bits per heavy atom. The fourth-order valence-electron chi connectivity index (χ4n) is 4.17. The van der Waals surface area contributed by atoms with E-state index in [9.17, 15) is 8.78 Å². The van der Waals surface area contributed by atoms with Crippen molar-refractivity contribution in [3.05, 3.63) is 94.8 Å². The van der Waals surface area contributed by atoms with Crippen molar-refractivity contribution < 1.29 is 8.78 Å². The van der Waals surface area contributed by atoms with Crippen molar-refractivity contribution in [2.24, 2.45) is 0 Å². The van der Waals surface area contributed by atoms with Gasteiger partial charge in [-0.05, 0) is 42.2 Å². The summed E-state index contributed by atoms with van der Waals surface area (Å²) in [6.45, 7) is 4.59. The van der Waals surface area contributed by atoms with Gasteiger partial charge in [-0.25, -0.2) is 8.78 Å². The average Bonchev–Trinajstić information content (AvgIpc) is 3.07. The number of aryl methyl sites for hydroxylation is 2. The van der Waals surface area contributed by atoms with Crippen molar-refractivity contribution in [3.63, 3.8) is 0 Å². The lowest BCUT2D eigenvalue weighted by atomic mass is 9.98. The zero-order chi connectivity index (χ0) is 18.8. The molecule has 3 aromatic rings. The van der Waals surface area contributed by atoms with Crippen molar-refractivity contribution in [2.45, 2.75) is 38.9 Å². The summed E-state index contributed by atoms with van der Waals surface area (Å²) in [4.78, 5) is 2.28. The minimum absolute atomic E-state index is 0.303. The summed E-state index contributed by atoms with van der Waals surface area (Å²) in [7, 11) is 0. The Morgan fingerprint density at radius 1 is 0.926 bits per heavy atom. The molecule has 4 heteroatoms. The number of hydrogen-bond acceptors (Lipinski definition) is 1. The van der Waals surface area contributed by atoms with Crippen LogP contribution in [0.1, 0.15) is 41.8 Å². The van der Waals surface area contributed by atoms with E-state index in [4.69, 9.17) is 0 Å². The summed E-state index contributed by atoms with van der Waals surface area (Å²) in [5, 5.41) is 0. The fraction of sp³-hybridized carbons (Fsp3) is 0.304. The van der Waals surface area contributed by atoms with E-state index in [0.29, 0.717) is 5.56 Å². The van der Waals surface area contributed by atoms with Crippen LogP contribution in [0.25, 0.3) is 0 Å². The summed E-state index contributed by atoms with van der Waals surface area (Å²) in [5.74, 6) is -1.53. The Kier molecular flexibility index (Phi) is 5.08. The van der Waals surface area contributed by atoms with E-state index in [2.05, 4.69) is 34.6 Å². The SMILES string of the molecule is CCc1ccccc1CN1CCCn2cccc2C1c1cccc(F)c1F. The van der Waals surface area contributed by atoms with Gasteiger partial charge in [0.2, 0.25) is 0 Å². The summed E-state index contributed by atoms with van der Waals surface area (Å²) in [6, 6.07) is 16.6. The second-order valence-electron chi connectivity index (χ2n) is 7.12. The average molecular weight is 366 g/mol. The Labute approximate surface area is 159 Å². The molecule has 140 valence electrons. The monoisotopic (exact) mass is 366 g/mol. The van der Waals surface area contributed by atoms with Crippen LogP contribution in [0.15, 0.2) is 60.8 Å². The molecule has 2 nitrogen and oxygen atoms in total. The Hall–Kier alpha value is -2.46. The quantitative estimate of drug-likeness (QED) is 0.606. The molecule has 0 amide bonds. The van der Waals surface area contributed by atoms with Crippen LogP contribution >= 0.6 is 0 Å². The third-order valence-corrected chi connectivity index (χ3v) is 5.50. The molecule has 1 aliphatic rings. The van der Waals surface area contributed by atoms with Gasteiger partial charge in [0.25, 0.3) is 0 Å². The Morgan fingerprint density at radius 3 is 2.56 bits per heavy atom. The Bertz CT molecular complexity index is 932. The molecular formula is C23H24F2N2. The van der Waals surface area contributed by atoms with Crippen LogP contribution < -0.4 is 0 Å². The van der Waals surface area contributed by atoms with Crippen molar-refractivity contribution in [1.82, 2.24) is 9.47 Å². The van der Waals surface area contributed by atoms with Gasteiger partial charge in [-0.15, -0.1) is 0 Å². The highest BCUT2D eigenvalue weighted by molar-refractivity contribution is 5.33. The minimum atomic E-state index is -0.788. The smallest absolute Gasteiger partial charge is 0.163 e. The molecule has 27 heavy (non-hydrogen) atoms. The summed E-state index contributed by atoms with van der Waals surface area (Å²) < 4.78 is 30.9. The second kappa shape index (κ2) is 7.65. The number of nitrogens with zero attached hydrogens (tertiary/aromatic N) is 2. The fourth-order valence-corrected chi connectivity index (χ4v) is 4.17. The lowest BCUT2D eigenvalue weighted by Crippen LogP contribution is -2.30. The van der Waals surface area contributed by atoms with Crippen LogP contribution in [0.5, 0.6) is 0 Å². The van der Waals surface area contributed by atoms with Crippen LogP contribution in [0.2, 0.25) is 0 Å². The van der Waals surface area contributed by atoms with Crippen molar-refractivity contribution >= 4 is 0 Å². The first-order valence-corrected chi connectivity index (χ1v) is 9.58. The molecule has 0 aliphatic carbocycles. The van der Waals surface area contributed by atoms with Gasteiger partial charge in [-0.2, -0.15) is 0 Å². The topological polar surface area (TPSA) is 8.17 Å². The first-order chi connectivity index (χ1) is 13.2. The number of rotatable bonds is 4. The number of hydrogen-bond donors (Lipinski definition) is 0. The third-order valence-electron chi connectivity index (χ3n) is 5.50. The molecule has 1 aliphatic heterocycles. The van der Waals surface area contributed by atoms with E-state index in [1.54, 1.807) is 12.1 Å². The highest BCUT2D eigenvalue weighted by Gasteiger charge is 2.30. The lowest BCUT2D eigenvalue weighted by Gasteiger charge is -2.31. The van der Waals surface area contributed by atoms with Crippen LogP contribution in [0, 0.1) is 11.6 Å². The summed E-state index contributed by atoms with van der Waals surface area (Å²) in [6.07, 6.45) is 3.96. The first kappa shape index (κ1) is 17.9. The van der Waals surface area contributed by atoms with Gasteiger partial charge in [0.1, 0.15) is 0 Å². The van der Waals surface area contributed by atoms with Gasteiger partial charge >= 0.3 is 0 Å². The molecular weight excluding hydrogens is 342 g/mol. The molecule has 0 bridgehead atoms. The van der Waals surface area contributed by atoms with Gasteiger partial charge in [-0.3, -0.25) is 4.90 Å². The highest BCUT2D eigenvalue weighted by Crippen LogP contribution is 2.35. The maximum absolute atomic E-state index is 14.8. The normalized spacial score (nSPS) is 17.5. The van der Waals surface area contributed by atoms with Crippen molar-refractivity contribution in [1.29, 1.82) is 0 Å². The maximum atomic E-state index is 14.8. The van der Waals surface area contributed by atoms with Crippen LogP contribution in [0.3, 0.4) is 0 Å². The molecule has 1 aromatic heterocycles. The second-order valence-corrected chi connectivity index (χ2v) is 7.12. The number of fused-ring (bicyclic) bond motifs is 1. The Balaban J connectivity index is 1.80. The molecule has 0 saturated carbocycles. The largest absolute Gasteiger partial charge is 0.350 e. The van der Waals surface area contributed by atoms with E-state index in [0.717, 1.165) is 38.2 Å². The van der Waals surface area contributed by atoms with E-state index in [-0.39, 0.29) is 6.04 Å². The van der Waals surface area contributed by atoms with Gasteiger partial charge in [0.15, 0.2) is 11.6 Å². The molecule has 4 rings (SSSR count). The van der Waals surface area contributed by atoms with Crippen LogP contribution in [-0.4, -0.2) is 16.0 Å². The molecule has 0 saturated heterocycles. The molecule has 2 heterocycles. The molecule has 0 radical (unpaired) electrons. The van der Waals surface area contributed by atoms with Crippen molar-refractivity contribution in [3.8, 4) is 0 Å². The lowest BCUT2D eigenvalue weighted by molar-refractivity contribution is 0.215. The standard InChI is InChI=1S/C23H24F2N2/c1-2-17-8-3-4-9-18(17)16-27-15-7-14-26-13-6-12-21(26)23(27)19-10-5-11-20(24)22(19)25/h3-6,8-13,23H,2,7,14-16H2,1H3. The van der Waals surface area contributed by atoms with Crippen molar-refractivity contribution in [2.75, 3.05) is 6.54 Å². The molecule has 1 atom stereocenters. The predicted molar refractivity (Wildman–Crippen MR) is 103 cm³/mol. The zero-order valence-corrected chi connectivity index (χ0v) is 15.5. The molecule has 0 fully saturated rings. The van der Waals surface area contributed by atoms with E-state index in [1.807, 2.05) is 24.4 Å². The van der Waals surface area contributed by atoms with E-state index in [1.165, 1.54) is 17.2 Å². The van der Waals surface area contributed by atoms with E-state index >= 15 is 0 Å². The first-order valence-electron chi connectivity index (χ1n) is 9.58. The molecule has 2 aromatic carbocycles. The van der Waals surface area contributed by atoms with Gasteiger partial charge in [0, 0.05) is 37.1 Å². The van der Waals surface area contributed by atoms with Gasteiger partial charge in [0.05, 0.1) is 6.04 Å². The predicted octanol–water partition coefficient (Wildman–Crippen LogP) is 5.32. The summed E-state index contributed by atoms with van der Waals surface area (Å²) in [5.41, 5.74) is 3.98. The van der Waals surface area contributed by atoms with E-state index < -0.39 is 11.6 Å². The number of halogens is 2. The van der Waals surface area contributed by atoms with Gasteiger partial charge < -0.3 is 4.57 Å². The van der Waals surface area contributed by atoms with Gasteiger partial charge in [-0.1, -0.05) is 43.3 Å². The molecule has 1 unspecified atom stereocenters. The minimum Gasteiger partial charge on any atom is -0.350 e. The molecule has 0 spiro atoms. The third kappa shape index (κ3) is 3.42. The molecule has 0 N–H and O–H groups in total.